The third-order valence-corrected chi connectivity index (χ3v) is 1.78. The molecule has 2 N–H and O–H groups in total. The first kappa shape index (κ1) is 12.5. The molecule has 0 fully saturated rings. The minimum Gasteiger partial charge on any atom is -0.468 e. The lowest BCUT2D eigenvalue weighted by atomic mass is 10.2. The van der Waals surface area contributed by atoms with Crippen molar-refractivity contribution in [2.45, 2.75) is 6.04 Å². The van der Waals surface area contributed by atoms with E-state index in [0.717, 1.165) is 0 Å². The largest absolute Gasteiger partial charge is 0.468 e. The zero-order valence-corrected chi connectivity index (χ0v) is 9.22. The minimum atomic E-state index is -0.846. The summed E-state index contributed by atoms with van der Waals surface area (Å²) in [5.41, 5.74) is 5.47. The maximum Gasteiger partial charge on any atom is 0.330 e. The number of hydrogen-bond donors (Lipinski definition) is 1. The van der Waals surface area contributed by atoms with Gasteiger partial charge in [-0.05, 0) is 28.1 Å². The summed E-state index contributed by atoms with van der Waals surface area (Å²) in [4.78, 5) is 10.9. The van der Waals surface area contributed by atoms with E-state index in [9.17, 15) is 4.79 Å². The predicted octanol–water partition coefficient (Wildman–Crippen LogP) is 1.64. The van der Waals surface area contributed by atoms with Gasteiger partial charge in [-0.1, -0.05) is 0 Å². The van der Waals surface area contributed by atoms with Gasteiger partial charge in [0, 0.05) is 0 Å². The van der Waals surface area contributed by atoms with Crippen LogP contribution < -0.4 is 5.73 Å². The number of esters is 1. The molecule has 0 aliphatic heterocycles. The van der Waals surface area contributed by atoms with Crippen molar-refractivity contribution in [3.8, 4) is 0 Å². The number of halogens is 2. The standard InChI is InChI=1S/C7H8BrNO3.ClH/c1-11-7(10)6(9)4-2-3-5(8)12-4;/h2-3,6H,9H2,1H3;1H/t6-;/m0./s1. The maximum absolute atomic E-state index is 10.9. The monoisotopic (exact) mass is 269 g/mol. The van der Waals surface area contributed by atoms with Gasteiger partial charge in [0.15, 0.2) is 10.7 Å². The Labute approximate surface area is 90.0 Å². The second-order valence-corrected chi connectivity index (χ2v) is 2.92. The predicted molar refractivity (Wildman–Crippen MR) is 52.6 cm³/mol. The van der Waals surface area contributed by atoms with Crippen LogP contribution in [0.5, 0.6) is 0 Å². The number of carbonyl (C=O) groups excluding carboxylic acids is 1. The number of rotatable bonds is 2. The average Bonchev–Trinajstić information content (AvgIpc) is 2.49. The van der Waals surface area contributed by atoms with Crippen LogP contribution in [0.3, 0.4) is 0 Å². The molecule has 0 amide bonds. The van der Waals surface area contributed by atoms with Crippen LogP contribution in [0.4, 0.5) is 0 Å². The number of hydrogen-bond acceptors (Lipinski definition) is 4. The lowest BCUT2D eigenvalue weighted by molar-refractivity contribution is -0.142. The van der Waals surface area contributed by atoms with Gasteiger partial charge in [0.05, 0.1) is 7.11 Å². The molecule has 1 rings (SSSR count). The quantitative estimate of drug-likeness (QED) is 0.830. The topological polar surface area (TPSA) is 65.5 Å². The van der Waals surface area contributed by atoms with E-state index in [4.69, 9.17) is 10.2 Å². The summed E-state index contributed by atoms with van der Waals surface area (Å²) in [6, 6.07) is 2.44. The molecule has 0 aromatic carbocycles. The second-order valence-electron chi connectivity index (χ2n) is 2.14. The SMILES string of the molecule is COC(=O)[C@@H](N)c1ccc(Br)o1.Cl. The first-order chi connectivity index (χ1) is 5.65. The molecule has 0 radical (unpaired) electrons. The molecule has 1 aromatic heterocycles. The Morgan fingerprint density at radius 1 is 1.69 bits per heavy atom. The highest BCUT2D eigenvalue weighted by molar-refractivity contribution is 9.10. The molecule has 0 bridgehead atoms. The van der Waals surface area contributed by atoms with E-state index in [-0.39, 0.29) is 12.4 Å². The van der Waals surface area contributed by atoms with Crippen LogP contribution >= 0.6 is 28.3 Å². The summed E-state index contributed by atoms with van der Waals surface area (Å²) < 4.78 is 10.0. The van der Waals surface area contributed by atoms with Gasteiger partial charge >= 0.3 is 5.97 Å². The first-order valence-corrected chi connectivity index (χ1v) is 4.03. The molecule has 0 aliphatic rings. The molecule has 6 heteroatoms. The van der Waals surface area contributed by atoms with Crippen LogP contribution in [0.15, 0.2) is 21.2 Å². The van der Waals surface area contributed by atoms with Gasteiger partial charge < -0.3 is 14.9 Å². The number of methoxy groups -OCH3 is 1. The van der Waals surface area contributed by atoms with Crippen LogP contribution in [0.1, 0.15) is 11.8 Å². The van der Waals surface area contributed by atoms with E-state index in [0.29, 0.717) is 10.4 Å². The summed E-state index contributed by atoms with van der Waals surface area (Å²) >= 11 is 3.10. The van der Waals surface area contributed by atoms with Crippen LogP contribution in [-0.4, -0.2) is 13.1 Å². The third-order valence-electron chi connectivity index (χ3n) is 1.36. The number of ether oxygens (including phenoxy) is 1. The van der Waals surface area contributed by atoms with E-state index < -0.39 is 12.0 Å². The summed E-state index contributed by atoms with van der Waals surface area (Å²) in [7, 11) is 1.28. The van der Waals surface area contributed by atoms with Crippen LogP contribution in [0.25, 0.3) is 0 Å². The van der Waals surface area contributed by atoms with Crippen molar-refractivity contribution in [1.29, 1.82) is 0 Å². The Bertz CT molecular complexity index is 289. The highest BCUT2D eigenvalue weighted by atomic mass is 79.9. The van der Waals surface area contributed by atoms with Crippen LogP contribution in [0, 0.1) is 0 Å². The van der Waals surface area contributed by atoms with E-state index in [1.54, 1.807) is 12.1 Å². The van der Waals surface area contributed by atoms with Gasteiger partial charge in [0.1, 0.15) is 5.76 Å². The summed E-state index contributed by atoms with van der Waals surface area (Å²) in [5.74, 6) is -0.134. The fraction of sp³-hybridized carbons (Fsp3) is 0.286. The minimum absolute atomic E-state index is 0. The van der Waals surface area contributed by atoms with Crippen molar-refractivity contribution in [2.24, 2.45) is 5.73 Å². The Hall–Kier alpha value is -0.520. The third kappa shape index (κ3) is 3.02. The molecule has 1 aromatic rings. The fourth-order valence-electron chi connectivity index (χ4n) is 0.739. The molecule has 1 atom stereocenters. The number of nitrogens with two attached hydrogens (primary N) is 1. The smallest absolute Gasteiger partial charge is 0.330 e. The first-order valence-electron chi connectivity index (χ1n) is 3.24. The zero-order valence-electron chi connectivity index (χ0n) is 6.82. The van der Waals surface area contributed by atoms with Crippen molar-refractivity contribution in [2.75, 3.05) is 7.11 Å². The number of carbonyl (C=O) groups is 1. The number of furan rings is 1. The van der Waals surface area contributed by atoms with Gasteiger partial charge in [0.2, 0.25) is 0 Å². The van der Waals surface area contributed by atoms with E-state index in [1.165, 1.54) is 7.11 Å². The Balaban J connectivity index is 0.00000144. The van der Waals surface area contributed by atoms with E-state index >= 15 is 0 Å². The van der Waals surface area contributed by atoms with Gasteiger partial charge in [-0.3, -0.25) is 0 Å². The Kier molecular flexibility index (Phi) is 5.05. The molecule has 74 valence electrons. The van der Waals surface area contributed by atoms with E-state index in [1.807, 2.05) is 0 Å². The van der Waals surface area contributed by atoms with Crippen molar-refractivity contribution < 1.29 is 13.9 Å². The van der Waals surface area contributed by atoms with E-state index in [2.05, 4.69) is 20.7 Å². The van der Waals surface area contributed by atoms with Crippen LogP contribution in [-0.2, 0) is 9.53 Å². The molecule has 0 aliphatic carbocycles. The van der Waals surface area contributed by atoms with Gasteiger partial charge in [-0.15, -0.1) is 12.4 Å². The van der Waals surface area contributed by atoms with Crippen molar-refractivity contribution in [1.82, 2.24) is 0 Å². The molecule has 0 unspecified atom stereocenters. The second kappa shape index (κ2) is 5.26. The van der Waals surface area contributed by atoms with Crippen molar-refractivity contribution in [3.63, 3.8) is 0 Å². The molecule has 4 nitrogen and oxygen atoms in total. The van der Waals surface area contributed by atoms with Crippen molar-refractivity contribution >= 4 is 34.3 Å². The van der Waals surface area contributed by atoms with Gasteiger partial charge in [0.25, 0.3) is 0 Å². The summed E-state index contributed by atoms with van der Waals surface area (Å²) in [6.45, 7) is 0. The van der Waals surface area contributed by atoms with Gasteiger partial charge in [-0.25, -0.2) is 4.79 Å². The Morgan fingerprint density at radius 2 is 2.31 bits per heavy atom. The molecular formula is C7H9BrClNO3. The van der Waals surface area contributed by atoms with Gasteiger partial charge in [-0.2, -0.15) is 0 Å². The lowest BCUT2D eigenvalue weighted by Gasteiger charge is -2.04. The lowest BCUT2D eigenvalue weighted by Crippen LogP contribution is -2.21. The fourth-order valence-corrected chi connectivity index (χ4v) is 1.06. The highest BCUT2D eigenvalue weighted by Gasteiger charge is 2.19. The molecular weight excluding hydrogens is 261 g/mol. The Morgan fingerprint density at radius 3 is 2.69 bits per heavy atom. The zero-order chi connectivity index (χ0) is 9.14. The molecule has 0 saturated carbocycles. The summed E-state index contributed by atoms with van der Waals surface area (Å²) in [5, 5.41) is 0. The summed E-state index contributed by atoms with van der Waals surface area (Å²) in [6.07, 6.45) is 0. The molecule has 13 heavy (non-hydrogen) atoms. The van der Waals surface area contributed by atoms with Crippen LogP contribution in [0.2, 0.25) is 0 Å². The molecule has 1 heterocycles. The maximum atomic E-state index is 10.9. The molecule has 0 spiro atoms. The molecule has 0 saturated heterocycles. The highest BCUT2D eigenvalue weighted by Crippen LogP contribution is 2.19. The van der Waals surface area contributed by atoms with Crippen molar-refractivity contribution in [3.05, 3.63) is 22.6 Å². The normalized spacial score (nSPS) is 11.6. The average molecular weight is 271 g/mol.